The molecule has 6 nitrogen and oxygen atoms in total. The van der Waals surface area contributed by atoms with Crippen LogP contribution in [0, 0.1) is 13.8 Å². The number of aromatic amines is 1. The van der Waals surface area contributed by atoms with Crippen LogP contribution in [0.1, 0.15) is 34.8 Å². The van der Waals surface area contributed by atoms with E-state index in [1.54, 1.807) is 37.3 Å². The quantitative estimate of drug-likeness (QED) is 0.341. The molecule has 3 aromatic carbocycles. The van der Waals surface area contributed by atoms with E-state index in [-0.39, 0.29) is 0 Å². The Morgan fingerprint density at radius 3 is 2.55 bits per heavy atom. The van der Waals surface area contributed by atoms with Crippen molar-refractivity contribution in [3.05, 3.63) is 82.4 Å². The minimum atomic E-state index is -0.934. The Labute approximate surface area is 197 Å². The Morgan fingerprint density at radius 1 is 1.06 bits per heavy atom. The third-order valence-corrected chi connectivity index (χ3v) is 5.65. The van der Waals surface area contributed by atoms with Crippen molar-refractivity contribution in [3.8, 4) is 11.4 Å². The van der Waals surface area contributed by atoms with Crippen LogP contribution in [-0.2, 0) is 9.53 Å². The summed E-state index contributed by atoms with van der Waals surface area (Å²) in [6, 6.07) is 18.4. The fraction of sp³-hybridized carbons (Fsp3) is 0.192. The summed E-state index contributed by atoms with van der Waals surface area (Å²) in [6.07, 6.45) is -0.599. The van der Waals surface area contributed by atoms with Crippen molar-refractivity contribution in [3.63, 3.8) is 0 Å². The first-order valence-corrected chi connectivity index (χ1v) is 11.1. The summed E-state index contributed by atoms with van der Waals surface area (Å²) in [5.41, 5.74) is 5.37. The summed E-state index contributed by atoms with van der Waals surface area (Å²) < 4.78 is 5.53. The summed E-state index contributed by atoms with van der Waals surface area (Å²) in [5, 5.41) is 3.31. The number of hydrogen-bond acceptors (Lipinski definition) is 4. The number of aryl methyl sites for hydroxylation is 2. The van der Waals surface area contributed by atoms with E-state index in [1.165, 1.54) is 5.56 Å². The number of nitrogens with zero attached hydrogens (tertiary/aromatic N) is 1. The van der Waals surface area contributed by atoms with Crippen molar-refractivity contribution in [2.45, 2.75) is 33.3 Å². The number of amides is 1. The largest absolute Gasteiger partial charge is 0.449 e. The first kappa shape index (κ1) is 22.6. The van der Waals surface area contributed by atoms with Gasteiger partial charge in [0.05, 0.1) is 16.6 Å². The van der Waals surface area contributed by atoms with Crippen LogP contribution in [0.3, 0.4) is 0 Å². The van der Waals surface area contributed by atoms with E-state index >= 15 is 0 Å². The number of imidazole rings is 1. The van der Waals surface area contributed by atoms with Gasteiger partial charge in [0.25, 0.3) is 5.91 Å². The molecule has 0 saturated heterocycles. The molecule has 7 heteroatoms. The predicted molar refractivity (Wildman–Crippen MR) is 131 cm³/mol. The lowest BCUT2D eigenvalue weighted by atomic mass is 10.1. The van der Waals surface area contributed by atoms with Crippen LogP contribution >= 0.6 is 11.6 Å². The summed E-state index contributed by atoms with van der Waals surface area (Å²) in [7, 11) is 0. The number of carbonyl (C=O) groups excluding carboxylic acids is 2. The molecule has 0 aliphatic carbocycles. The van der Waals surface area contributed by atoms with Gasteiger partial charge in [-0.2, -0.15) is 0 Å². The van der Waals surface area contributed by atoms with Crippen LogP contribution in [0.4, 0.5) is 5.69 Å². The van der Waals surface area contributed by atoms with Gasteiger partial charge in [-0.1, -0.05) is 54.4 Å². The number of ether oxygens (including phenoxy) is 1. The number of esters is 1. The van der Waals surface area contributed by atoms with Crippen molar-refractivity contribution in [1.29, 1.82) is 0 Å². The Bertz CT molecular complexity index is 1330. The number of hydrogen-bond donors (Lipinski definition) is 2. The highest BCUT2D eigenvalue weighted by molar-refractivity contribution is 6.31. The molecule has 0 radical (unpaired) electrons. The predicted octanol–water partition coefficient (Wildman–Crippen LogP) is 6.07. The fourth-order valence-electron chi connectivity index (χ4n) is 3.45. The summed E-state index contributed by atoms with van der Waals surface area (Å²) in [5.74, 6) is -0.257. The van der Waals surface area contributed by atoms with Gasteiger partial charge >= 0.3 is 5.97 Å². The molecule has 0 aliphatic heterocycles. The first-order valence-electron chi connectivity index (χ1n) is 10.7. The smallest absolute Gasteiger partial charge is 0.338 e. The molecule has 2 N–H and O–H groups in total. The number of benzene rings is 3. The molecule has 1 atom stereocenters. The van der Waals surface area contributed by atoms with E-state index in [4.69, 9.17) is 16.3 Å². The third-order valence-electron chi connectivity index (χ3n) is 5.41. The van der Waals surface area contributed by atoms with E-state index in [1.807, 2.05) is 44.2 Å². The Kier molecular flexibility index (Phi) is 6.47. The third kappa shape index (κ3) is 5.07. The molecule has 4 rings (SSSR count). The minimum Gasteiger partial charge on any atom is -0.449 e. The van der Waals surface area contributed by atoms with Crippen LogP contribution in [0.25, 0.3) is 22.4 Å². The maximum Gasteiger partial charge on any atom is 0.338 e. The number of rotatable bonds is 6. The number of anilines is 1. The highest BCUT2D eigenvalue weighted by atomic mass is 35.5. The number of fused-ring (bicyclic) bond motifs is 1. The SMILES string of the molecule is CCC(OC(=O)c1ccc2nc(-c3ccc(C)cc3)[nH]c2c1)C(=O)Nc1cc(Cl)ccc1C. The number of aromatic nitrogens is 2. The topological polar surface area (TPSA) is 84.1 Å². The number of halogens is 1. The van der Waals surface area contributed by atoms with Crippen molar-refractivity contribution >= 4 is 40.2 Å². The molecule has 168 valence electrons. The maximum atomic E-state index is 12.8. The molecule has 1 amide bonds. The van der Waals surface area contributed by atoms with Gasteiger partial charge in [0, 0.05) is 16.3 Å². The second kappa shape index (κ2) is 9.46. The van der Waals surface area contributed by atoms with Gasteiger partial charge in [0.2, 0.25) is 0 Å². The van der Waals surface area contributed by atoms with Crippen molar-refractivity contribution in [2.75, 3.05) is 5.32 Å². The van der Waals surface area contributed by atoms with Crippen LogP contribution < -0.4 is 5.32 Å². The van der Waals surface area contributed by atoms with Crippen LogP contribution in [0.15, 0.2) is 60.7 Å². The van der Waals surface area contributed by atoms with E-state index in [0.29, 0.717) is 28.2 Å². The molecule has 33 heavy (non-hydrogen) atoms. The van der Waals surface area contributed by atoms with E-state index < -0.39 is 18.0 Å². The normalized spacial score (nSPS) is 11.9. The number of nitrogens with one attached hydrogen (secondary N) is 2. The fourth-order valence-corrected chi connectivity index (χ4v) is 3.62. The van der Waals surface area contributed by atoms with E-state index in [2.05, 4.69) is 15.3 Å². The second-order valence-corrected chi connectivity index (χ2v) is 8.37. The Hall–Kier alpha value is -3.64. The monoisotopic (exact) mass is 461 g/mol. The van der Waals surface area contributed by atoms with Crippen LogP contribution in [-0.4, -0.2) is 27.9 Å². The summed E-state index contributed by atoms with van der Waals surface area (Å²) in [6.45, 7) is 5.68. The molecular formula is C26H24ClN3O3. The zero-order valence-corrected chi connectivity index (χ0v) is 19.4. The standard InChI is InChI=1S/C26H24ClN3O3/c1-4-23(25(31)30-21-14-19(27)11-7-16(21)3)33-26(32)18-10-12-20-22(13-18)29-24(28-20)17-8-5-15(2)6-9-17/h5-14,23H,4H2,1-3H3,(H,28,29)(H,30,31). The van der Waals surface area contributed by atoms with E-state index in [9.17, 15) is 9.59 Å². The van der Waals surface area contributed by atoms with Gasteiger partial charge in [0.1, 0.15) is 5.82 Å². The van der Waals surface area contributed by atoms with Gasteiger partial charge in [-0.05, 0) is 56.2 Å². The summed E-state index contributed by atoms with van der Waals surface area (Å²) in [4.78, 5) is 33.4. The molecular weight excluding hydrogens is 438 g/mol. The molecule has 1 unspecified atom stereocenters. The lowest BCUT2D eigenvalue weighted by Gasteiger charge is -2.17. The van der Waals surface area contributed by atoms with Crippen LogP contribution in [0.2, 0.25) is 5.02 Å². The summed E-state index contributed by atoms with van der Waals surface area (Å²) >= 11 is 6.03. The Balaban J connectivity index is 1.50. The van der Waals surface area contributed by atoms with Gasteiger partial charge in [-0.3, -0.25) is 4.79 Å². The number of H-pyrrole nitrogens is 1. The first-order chi connectivity index (χ1) is 15.8. The molecule has 4 aromatic rings. The van der Waals surface area contributed by atoms with Gasteiger partial charge < -0.3 is 15.0 Å². The zero-order chi connectivity index (χ0) is 23.5. The van der Waals surface area contributed by atoms with Gasteiger partial charge in [-0.15, -0.1) is 0 Å². The van der Waals surface area contributed by atoms with Gasteiger partial charge in [-0.25, -0.2) is 9.78 Å². The second-order valence-electron chi connectivity index (χ2n) is 7.93. The van der Waals surface area contributed by atoms with E-state index in [0.717, 1.165) is 22.5 Å². The maximum absolute atomic E-state index is 12.8. The molecule has 0 spiro atoms. The van der Waals surface area contributed by atoms with Crippen molar-refractivity contribution < 1.29 is 14.3 Å². The lowest BCUT2D eigenvalue weighted by Crippen LogP contribution is -2.32. The average Bonchev–Trinajstić information content (AvgIpc) is 3.23. The highest BCUT2D eigenvalue weighted by Gasteiger charge is 2.23. The molecule has 0 aliphatic rings. The molecule has 1 aromatic heterocycles. The lowest BCUT2D eigenvalue weighted by molar-refractivity contribution is -0.124. The molecule has 1 heterocycles. The van der Waals surface area contributed by atoms with Crippen LogP contribution in [0.5, 0.6) is 0 Å². The van der Waals surface area contributed by atoms with Crippen molar-refractivity contribution in [2.24, 2.45) is 0 Å². The zero-order valence-electron chi connectivity index (χ0n) is 18.6. The molecule has 0 bridgehead atoms. The van der Waals surface area contributed by atoms with Crippen molar-refractivity contribution in [1.82, 2.24) is 9.97 Å². The number of carbonyl (C=O) groups is 2. The Morgan fingerprint density at radius 2 is 1.82 bits per heavy atom. The highest BCUT2D eigenvalue weighted by Crippen LogP contribution is 2.23. The average molecular weight is 462 g/mol. The molecule has 0 saturated carbocycles. The minimum absolute atomic E-state index is 0.334. The molecule has 0 fully saturated rings. The van der Waals surface area contributed by atoms with Gasteiger partial charge in [0.15, 0.2) is 6.10 Å².